The topological polar surface area (TPSA) is 17.8 Å². The van der Waals surface area contributed by atoms with Crippen LogP contribution in [0.2, 0.25) is 0 Å². The summed E-state index contributed by atoms with van der Waals surface area (Å²) in [6.07, 6.45) is 7.55. The third-order valence-electron chi connectivity index (χ3n) is 3.22. The number of aromatic nitrogens is 2. The van der Waals surface area contributed by atoms with Gasteiger partial charge >= 0.3 is 0 Å². The quantitative estimate of drug-likeness (QED) is 0.760. The number of nitrogens with zero attached hydrogens (tertiary/aromatic N) is 2. The Bertz CT molecular complexity index is 300. The molecule has 14 heavy (non-hydrogen) atoms. The molecular weight excluding hydrogens is 240 g/mol. The van der Waals surface area contributed by atoms with Gasteiger partial charge in [0, 0.05) is 18.1 Å². The molecule has 0 N–H and O–H groups in total. The highest BCUT2D eigenvalue weighted by Gasteiger charge is 2.33. The van der Waals surface area contributed by atoms with Crippen molar-refractivity contribution in [2.75, 3.05) is 5.33 Å². The zero-order valence-corrected chi connectivity index (χ0v) is 10.3. The standard InChI is InChI=1S/C11H17BrN2/c1-10-4-7-14(13-10)9-11(8-12)5-2-3-6-11/h4,7H,2-3,5-6,8-9H2,1H3. The lowest BCUT2D eigenvalue weighted by Crippen LogP contribution is -2.25. The SMILES string of the molecule is Cc1ccn(CC2(CBr)CCCC2)n1. The number of aryl methyl sites for hydroxylation is 1. The highest BCUT2D eigenvalue weighted by atomic mass is 79.9. The van der Waals surface area contributed by atoms with Crippen LogP contribution in [0.4, 0.5) is 0 Å². The summed E-state index contributed by atoms with van der Waals surface area (Å²) in [7, 11) is 0. The van der Waals surface area contributed by atoms with Crippen molar-refractivity contribution in [2.45, 2.75) is 39.2 Å². The lowest BCUT2D eigenvalue weighted by atomic mass is 9.89. The summed E-state index contributed by atoms with van der Waals surface area (Å²) < 4.78 is 2.10. The van der Waals surface area contributed by atoms with Crippen LogP contribution in [0.25, 0.3) is 0 Å². The van der Waals surface area contributed by atoms with Gasteiger partial charge in [-0.15, -0.1) is 0 Å². The predicted molar refractivity (Wildman–Crippen MR) is 61.7 cm³/mol. The molecule has 0 saturated heterocycles. The molecule has 78 valence electrons. The molecule has 0 spiro atoms. The minimum Gasteiger partial charge on any atom is -0.272 e. The van der Waals surface area contributed by atoms with E-state index in [1.807, 2.05) is 6.92 Å². The van der Waals surface area contributed by atoms with Gasteiger partial charge < -0.3 is 0 Å². The van der Waals surface area contributed by atoms with E-state index in [0.29, 0.717) is 5.41 Å². The Morgan fingerprint density at radius 2 is 2.21 bits per heavy atom. The monoisotopic (exact) mass is 256 g/mol. The average molecular weight is 257 g/mol. The predicted octanol–water partition coefficient (Wildman–Crippen LogP) is 3.15. The Morgan fingerprint density at radius 3 is 2.71 bits per heavy atom. The van der Waals surface area contributed by atoms with Crippen molar-refractivity contribution in [3.8, 4) is 0 Å². The molecule has 3 heteroatoms. The fourth-order valence-electron chi connectivity index (χ4n) is 2.35. The van der Waals surface area contributed by atoms with Crippen molar-refractivity contribution in [3.63, 3.8) is 0 Å². The third kappa shape index (κ3) is 2.02. The highest BCUT2D eigenvalue weighted by Crippen LogP contribution is 2.40. The number of hydrogen-bond acceptors (Lipinski definition) is 1. The van der Waals surface area contributed by atoms with Crippen molar-refractivity contribution in [2.24, 2.45) is 5.41 Å². The van der Waals surface area contributed by atoms with Gasteiger partial charge in [-0.3, -0.25) is 4.68 Å². The summed E-state index contributed by atoms with van der Waals surface area (Å²) in [6.45, 7) is 3.12. The van der Waals surface area contributed by atoms with Gasteiger partial charge in [0.1, 0.15) is 0 Å². The third-order valence-corrected chi connectivity index (χ3v) is 4.41. The van der Waals surface area contributed by atoms with Crippen LogP contribution in [0.15, 0.2) is 12.3 Å². The van der Waals surface area contributed by atoms with E-state index in [4.69, 9.17) is 0 Å². The lowest BCUT2D eigenvalue weighted by Gasteiger charge is -2.26. The normalized spacial score (nSPS) is 20.1. The smallest absolute Gasteiger partial charge is 0.0593 e. The molecule has 1 saturated carbocycles. The minimum atomic E-state index is 0.471. The molecule has 0 atom stereocenters. The number of alkyl halides is 1. The van der Waals surface area contributed by atoms with E-state index < -0.39 is 0 Å². The molecule has 1 fully saturated rings. The molecule has 1 aliphatic rings. The zero-order valence-electron chi connectivity index (χ0n) is 8.67. The van der Waals surface area contributed by atoms with Crippen LogP contribution < -0.4 is 0 Å². The van der Waals surface area contributed by atoms with Gasteiger partial charge in [-0.25, -0.2) is 0 Å². The zero-order chi connectivity index (χ0) is 10.0. The van der Waals surface area contributed by atoms with Crippen molar-refractivity contribution in [3.05, 3.63) is 18.0 Å². The van der Waals surface area contributed by atoms with Gasteiger partial charge in [-0.05, 0) is 31.2 Å². The van der Waals surface area contributed by atoms with E-state index in [0.717, 1.165) is 17.6 Å². The summed E-state index contributed by atoms with van der Waals surface area (Å²) in [5.41, 5.74) is 1.59. The fraction of sp³-hybridized carbons (Fsp3) is 0.727. The van der Waals surface area contributed by atoms with Gasteiger partial charge in [0.25, 0.3) is 0 Å². The van der Waals surface area contributed by atoms with Crippen LogP contribution in [0.1, 0.15) is 31.4 Å². The second kappa shape index (κ2) is 4.05. The first kappa shape index (κ1) is 10.2. The van der Waals surface area contributed by atoms with E-state index in [9.17, 15) is 0 Å². The maximum absolute atomic E-state index is 4.46. The molecule has 1 aromatic rings. The van der Waals surface area contributed by atoms with Crippen LogP contribution >= 0.6 is 15.9 Å². The van der Waals surface area contributed by atoms with Gasteiger partial charge in [-0.2, -0.15) is 5.10 Å². The van der Waals surface area contributed by atoms with Gasteiger partial charge in [0.15, 0.2) is 0 Å². The first-order valence-corrected chi connectivity index (χ1v) is 6.42. The number of hydrogen-bond donors (Lipinski definition) is 0. The fourth-order valence-corrected chi connectivity index (χ4v) is 3.09. The Labute approximate surface area is 93.8 Å². The molecule has 1 aromatic heterocycles. The Balaban J connectivity index is 2.08. The Kier molecular flexibility index (Phi) is 2.96. The van der Waals surface area contributed by atoms with E-state index >= 15 is 0 Å². The van der Waals surface area contributed by atoms with Crippen LogP contribution in [0, 0.1) is 12.3 Å². The molecule has 0 unspecified atom stereocenters. The van der Waals surface area contributed by atoms with E-state index in [-0.39, 0.29) is 0 Å². The Morgan fingerprint density at radius 1 is 1.50 bits per heavy atom. The molecule has 0 radical (unpaired) electrons. The van der Waals surface area contributed by atoms with Crippen LogP contribution in [0.3, 0.4) is 0 Å². The van der Waals surface area contributed by atoms with E-state index in [1.54, 1.807) is 0 Å². The van der Waals surface area contributed by atoms with Crippen molar-refractivity contribution >= 4 is 15.9 Å². The second-order valence-corrected chi connectivity index (χ2v) is 5.06. The molecule has 1 aliphatic carbocycles. The Hall–Kier alpha value is -0.310. The average Bonchev–Trinajstić information content (AvgIpc) is 2.77. The van der Waals surface area contributed by atoms with Crippen LogP contribution in [-0.2, 0) is 6.54 Å². The molecule has 2 rings (SSSR count). The summed E-state index contributed by atoms with van der Waals surface area (Å²) in [5, 5.41) is 5.57. The summed E-state index contributed by atoms with van der Waals surface area (Å²) in [5.74, 6) is 0. The van der Waals surface area contributed by atoms with Crippen molar-refractivity contribution < 1.29 is 0 Å². The number of rotatable bonds is 3. The van der Waals surface area contributed by atoms with E-state index in [1.165, 1.54) is 25.7 Å². The molecule has 0 aromatic carbocycles. The number of halogens is 1. The second-order valence-electron chi connectivity index (χ2n) is 4.50. The molecule has 0 bridgehead atoms. The lowest BCUT2D eigenvalue weighted by molar-refractivity contribution is 0.277. The van der Waals surface area contributed by atoms with Crippen LogP contribution in [-0.4, -0.2) is 15.1 Å². The minimum absolute atomic E-state index is 0.471. The van der Waals surface area contributed by atoms with Gasteiger partial charge in [0.05, 0.1) is 5.69 Å². The molecule has 0 aliphatic heterocycles. The maximum Gasteiger partial charge on any atom is 0.0593 e. The van der Waals surface area contributed by atoms with Crippen molar-refractivity contribution in [1.29, 1.82) is 0 Å². The molecular formula is C11H17BrN2. The van der Waals surface area contributed by atoms with Crippen molar-refractivity contribution in [1.82, 2.24) is 9.78 Å². The first-order chi connectivity index (χ1) is 6.74. The first-order valence-electron chi connectivity index (χ1n) is 5.30. The maximum atomic E-state index is 4.46. The summed E-state index contributed by atoms with van der Waals surface area (Å²) in [6, 6.07) is 2.08. The van der Waals surface area contributed by atoms with Gasteiger partial charge in [0.2, 0.25) is 0 Å². The molecule has 0 amide bonds. The highest BCUT2D eigenvalue weighted by molar-refractivity contribution is 9.09. The van der Waals surface area contributed by atoms with Crippen LogP contribution in [0.5, 0.6) is 0 Å². The van der Waals surface area contributed by atoms with Gasteiger partial charge in [-0.1, -0.05) is 28.8 Å². The summed E-state index contributed by atoms with van der Waals surface area (Å²) >= 11 is 3.66. The largest absolute Gasteiger partial charge is 0.272 e. The van der Waals surface area contributed by atoms with E-state index in [2.05, 4.69) is 38.0 Å². The molecule has 1 heterocycles. The summed E-state index contributed by atoms with van der Waals surface area (Å²) in [4.78, 5) is 0. The molecule has 2 nitrogen and oxygen atoms in total.